The molecular formula is C24H19N5O3. The van der Waals surface area contributed by atoms with Crippen LogP contribution >= 0.6 is 0 Å². The summed E-state index contributed by atoms with van der Waals surface area (Å²) in [5.74, 6) is 0.0720. The molecule has 2 aromatic heterocycles. The van der Waals surface area contributed by atoms with Crippen LogP contribution in [0, 0.1) is 0 Å². The lowest BCUT2D eigenvalue weighted by Gasteiger charge is -2.11. The van der Waals surface area contributed by atoms with Gasteiger partial charge in [0.2, 0.25) is 11.8 Å². The van der Waals surface area contributed by atoms with Crippen LogP contribution in [0.1, 0.15) is 10.4 Å². The second kappa shape index (κ2) is 9.48. The lowest BCUT2D eigenvalue weighted by molar-refractivity contribution is -0.112. The van der Waals surface area contributed by atoms with Gasteiger partial charge in [-0.15, -0.1) is 0 Å². The fraction of sp³-hybridized carbons (Fsp3) is 0.0417. The van der Waals surface area contributed by atoms with Crippen molar-refractivity contribution in [2.45, 2.75) is 0 Å². The number of amides is 1. The molecule has 0 atom stereocenters. The molecule has 0 aliphatic rings. The Hall–Kier alpha value is -4.59. The molecule has 2 aromatic carbocycles. The van der Waals surface area contributed by atoms with Gasteiger partial charge in [0.15, 0.2) is 0 Å². The predicted octanol–water partition coefficient (Wildman–Crippen LogP) is 4.19. The summed E-state index contributed by atoms with van der Waals surface area (Å²) in [5, 5.41) is 5.50. The monoisotopic (exact) mass is 425 g/mol. The molecule has 0 saturated heterocycles. The Bertz CT molecular complexity index is 1240. The lowest BCUT2D eigenvalue weighted by Crippen LogP contribution is -2.22. The van der Waals surface area contributed by atoms with E-state index in [9.17, 15) is 9.59 Å². The second-order valence-electron chi connectivity index (χ2n) is 6.65. The van der Waals surface area contributed by atoms with Gasteiger partial charge in [0.1, 0.15) is 5.75 Å². The second-order valence-corrected chi connectivity index (χ2v) is 6.65. The van der Waals surface area contributed by atoms with Crippen molar-refractivity contribution in [1.82, 2.24) is 15.0 Å². The molecule has 8 heteroatoms. The normalized spacial score (nSPS) is 10.3. The highest BCUT2D eigenvalue weighted by Gasteiger charge is 2.16. The zero-order valence-corrected chi connectivity index (χ0v) is 17.1. The molecular weight excluding hydrogens is 406 g/mol. The maximum atomic E-state index is 12.2. The molecule has 4 rings (SSSR count). The number of nitrogens with one attached hydrogen (secondary N) is 2. The van der Waals surface area contributed by atoms with Crippen molar-refractivity contribution in [3.8, 4) is 22.9 Å². The number of carbonyl (C=O) groups is 2. The SMILES string of the molecule is CNc1nccc(-c2cccnc2Oc2ccc(NC(=O)C(=O)c3ccccc3)cc2)n1. The Labute approximate surface area is 184 Å². The molecule has 0 spiro atoms. The first kappa shape index (κ1) is 20.7. The summed E-state index contributed by atoms with van der Waals surface area (Å²) in [6, 6.07) is 20.5. The van der Waals surface area contributed by atoms with E-state index in [1.807, 2.05) is 6.07 Å². The Morgan fingerprint density at radius 1 is 0.844 bits per heavy atom. The Morgan fingerprint density at radius 3 is 2.38 bits per heavy atom. The van der Waals surface area contributed by atoms with E-state index in [4.69, 9.17) is 4.74 Å². The van der Waals surface area contributed by atoms with E-state index in [0.29, 0.717) is 40.1 Å². The lowest BCUT2D eigenvalue weighted by atomic mass is 10.1. The van der Waals surface area contributed by atoms with E-state index < -0.39 is 11.7 Å². The van der Waals surface area contributed by atoms with Gasteiger partial charge >= 0.3 is 0 Å². The third-order valence-electron chi connectivity index (χ3n) is 4.50. The minimum Gasteiger partial charge on any atom is -0.438 e. The summed E-state index contributed by atoms with van der Waals surface area (Å²) in [7, 11) is 1.74. The first-order valence-corrected chi connectivity index (χ1v) is 9.79. The molecule has 0 unspecified atom stereocenters. The van der Waals surface area contributed by atoms with Gasteiger partial charge in [0, 0.05) is 30.7 Å². The molecule has 2 heterocycles. The molecule has 0 saturated carbocycles. The standard InChI is InChI=1S/C24H19N5O3/c1-25-24-27-15-13-20(29-24)19-8-5-14-26-23(19)32-18-11-9-17(10-12-18)28-22(31)21(30)16-6-3-2-4-7-16/h2-15H,1H3,(H,28,31)(H,25,27,29). The molecule has 0 bridgehead atoms. The zero-order chi connectivity index (χ0) is 22.3. The quantitative estimate of drug-likeness (QED) is 0.338. The fourth-order valence-electron chi connectivity index (χ4n) is 2.92. The number of aromatic nitrogens is 3. The Kier molecular flexibility index (Phi) is 6.12. The number of ketones is 1. The van der Waals surface area contributed by atoms with Crippen LogP contribution in [-0.4, -0.2) is 33.7 Å². The van der Waals surface area contributed by atoms with E-state index in [2.05, 4.69) is 25.6 Å². The predicted molar refractivity (Wildman–Crippen MR) is 121 cm³/mol. The van der Waals surface area contributed by atoms with Gasteiger partial charge in [-0.05, 0) is 42.5 Å². The van der Waals surface area contributed by atoms with Crippen LogP contribution in [0.4, 0.5) is 11.6 Å². The minimum atomic E-state index is -0.707. The summed E-state index contributed by atoms with van der Waals surface area (Å²) in [6.45, 7) is 0. The van der Waals surface area contributed by atoms with Crippen molar-refractivity contribution < 1.29 is 14.3 Å². The summed E-state index contributed by atoms with van der Waals surface area (Å²) >= 11 is 0. The number of rotatable bonds is 7. The van der Waals surface area contributed by atoms with E-state index in [1.165, 1.54) is 0 Å². The van der Waals surface area contributed by atoms with E-state index in [-0.39, 0.29) is 0 Å². The number of pyridine rings is 1. The molecule has 0 aliphatic heterocycles. The van der Waals surface area contributed by atoms with Gasteiger partial charge in [-0.3, -0.25) is 9.59 Å². The molecule has 1 amide bonds. The number of nitrogens with zero attached hydrogens (tertiary/aromatic N) is 3. The van der Waals surface area contributed by atoms with Crippen molar-refractivity contribution in [3.05, 3.63) is 90.8 Å². The molecule has 0 aliphatic carbocycles. The number of hydrogen-bond acceptors (Lipinski definition) is 7. The summed E-state index contributed by atoms with van der Waals surface area (Å²) in [6.07, 6.45) is 3.28. The van der Waals surface area contributed by atoms with Gasteiger partial charge in [0.25, 0.3) is 11.7 Å². The molecule has 4 aromatic rings. The van der Waals surface area contributed by atoms with Gasteiger partial charge < -0.3 is 15.4 Å². The van der Waals surface area contributed by atoms with Gasteiger partial charge in [-0.25, -0.2) is 15.0 Å². The number of ether oxygens (including phenoxy) is 1. The smallest absolute Gasteiger partial charge is 0.296 e. The molecule has 2 N–H and O–H groups in total. The number of benzene rings is 2. The first-order valence-electron chi connectivity index (χ1n) is 9.79. The first-order chi connectivity index (χ1) is 15.6. The van der Waals surface area contributed by atoms with Gasteiger partial charge in [-0.1, -0.05) is 30.3 Å². The van der Waals surface area contributed by atoms with Crippen molar-refractivity contribution >= 4 is 23.3 Å². The Morgan fingerprint density at radius 2 is 1.62 bits per heavy atom. The summed E-state index contributed by atoms with van der Waals surface area (Å²) in [4.78, 5) is 37.3. The topological polar surface area (TPSA) is 106 Å². The highest BCUT2D eigenvalue weighted by Crippen LogP contribution is 2.30. The van der Waals surface area contributed by atoms with Gasteiger partial charge in [-0.2, -0.15) is 0 Å². The van der Waals surface area contributed by atoms with E-state index in [0.717, 1.165) is 0 Å². The van der Waals surface area contributed by atoms with E-state index in [1.54, 1.807) is 86.2 Å². The van der Waals surface area contributed by atoms with Crippen LogP contribution < -0.4 is 15.4 Å². The summed E-state index contributed by atoms with van der Waals surface area (Å²) < 4.78 is 5.94. The third kappa shape index (κ3) is 4.76. The summed E-state index contributed by atoms with van der Waals surface area (Å²) in [5.41, 5.74) is 2.18. The number of Topliss-reactive ketones (excluding diaryl/α,β-unsaturated/α-hetero) is 1. The number of hydrogen-bond donors (Lipinski definition) is 2. The number of carbonyl (C=O) groups excluding carboxylic acids is 2. The zero-order valence-electron chi connectivity index (χ0n) is 17.1. The largest absolute Gasteiger partial charge is 0.438 e. The van der Waals surface area contributed by atoms with Crippen LogP contribution in [0.5, 0.6) is 11.6 Å². The average Bonchev–Trinajstić information content (AvgIpc) is 2.85. The van der Waals surface area contributed by atoms with Crippen LogP contribution in [0.15, 0.2) is 85.2 Å². The van der Waals surface area contributed by atoms with Crippen molar-refractivity contribution in [2.75, 3.05) is 17.7 Å². The van der Waals surface area contributed by atoms with Crippen LogP contribution in [0.3, 0.4) is 0 Å². The van der Waals surface area contributed by atoms with Crippen molar-refractivity contribution in [1.29, 1.82) is 0 Å². The highest BCUT2D eigenvalue weighted by molar-refractivity contribution is 6.46. The molecule has 0 radical (unpaired) electrons. The van der Waals surface area contributed by atoms with Gasteiger partial charge in [0.05, 0.1) is 11.3 Å². The third-order valence-corrected chi connectivity index (χ3v) is 4.50. The van der Waals surface area contributed by atoms with E-state index >= 15 is 0 Å². The van der Waals surface area contributed by atoms with Crippen LogP contribution in [-0.2, 0) is 4.79 Å². The molecule has 8 nitrogen and oxygen atoms in total. The van der Waals surface area contributed by atoms with Crippen LogP contribution in [0.2, 0.25) is 0 Å². The average molecular weight is 425 g/mol. The fourth-order valence-corrected chi connectivity index (χ4v) is 2.92. The molecule has 158 valence electrons. The maximum absolute atomic E-state index is 12.2. The van der Waals surface area contributed by atoms with Crippen LogP contribution in [0.25, 0.3) is 11.3 Å². The van der Waals surface area contributed by atoms with Crippen molar-refractivity contribution in [3.63, 3.8) is 0 Å². The molecule has 32 heavy (non-hydrogen) atoms. The van der Waals surface area contributed by atoms with Crippen molar-refractivity contribution in [2.24, 2.45) is 0 Å². The minimum absolute atomic E-state index is 0.332. The molecule has 0 fully saturated rings. The number of anilines is 2. The highest BCUT2D eigenvalue weighted by atomic mass is 16.5. The maximum Gasteiger partial charge on any atom is 0.296 e. The Balaban J connectivity index is 1.48.